The van der Waals surface area contributed by atoms with Gasteiger partial charge < -0.3 is 19.3 Å². The predicted octanol–water partition coefficient (Wildman–Crippen LogP) is 2.76. The van der Waals surface area contributed by atoms with Gasteiger partial charge in [0.05, 0.1) is 7.11 Å². The zero-order chi connectivity index (χ0) is 17.9. The van der Waals surface area contributed by atoms with Gasteiger partial charge in [-0.3, -0.25) is 0 Å². The van der Waals surface area contributed by atoms with Crippen molar-refractivity contribution in [3.8, 4) is 11.8 Å². The quantitative estimate of drug-likeness (QED) is 0.831. The Morgan fingerprint density at radius 3 is 2.38 bits per heavy atom. The second-order valence-corrected chi connectivity index (χ2v) is 6.57. The number of rotatable bonds is 2. The van der Waals surface area contributed by atoms with Crippen LogP contribution < -0.4 is 9.64 Å². The first-order valence-electron chi connectivity index (χ1n) is 7.75. The average molecular weight is 335 g/mol. The SMILES string of the molecule is COc1cc(N2CCN(C(=O)OC(C)(C)C)CC2)cc(F)c1C#N. The molecule has 24 heavy (non-hydrogen) atoms. The Kier molecular flexibility index (Phi) is 5.17. The van der Waals surface area contributed by atoms with E-state index >= 15 is 0 Å². The fraction of sp³-hybridized carbons (Fsp3) is 0.529. The zero-order valence-corrected chi connectivity index (χ0v) is 14.4. The largest absolute Gasteiger partial charge is 0.495 e. The van der Waals surface area contributed by atoms with Crippen LogP contribution in [-0.2, 0) is 4.74 Å². The van der Waals surface area contributed by atoms with Gasteiger partial charge in [0.1, 0.15) is 28.8 Å². The number of carbonyl (C=O) groups is 1. The summed E-state index contributed by atoms with van der Waals surface area (Å²) in [7, 11) is 1.40. The molecular weight excluding hydrogens is 313 g/mol. The molecule has 0 saturated carbocycles. The molecular formula is C17H22FN3O3. The topological polar surface area (TPSA) is 65.8 Å². The summed E-state index contributed by atoms with van der Waals surface area (Å²) in [5.74, 6) is -0.400. The van der Waals surface area contributed by atoms with Crippen molar-refractivity contribution < 1.29 is 18.7 Å². The predicted molar refractivity (Wildman–Crippen MR) is 87.7 cm³/mol. The number of piperazine rings is 1. The lowest BCUT2D eigenvalue weighted by Gasteiger charge is -2.36. The number of halogens is 1. The van der Waals surface area contributed by atoms with Crippen LogP contribution in [0.4, 0.5) is 14.9 Å². The summed E-state index contributed by atoms with van der Waals surface area (Å²) >= 11 is 0. The number of methoxy groups -OCH3 is 1. The van der Waals surface area contributed by atoms with Crippen molar-refractivity contribution in [2.45, 2.75) is 26.4 Å². The van der Waals surface area contributed by atoms with Crippen LogP contribution in [0.15, 0.2) is 12.1 Å². The van der Waals surface area contributed by atoms with E-state index in [1.165, 1.54) is 13.2 Å². The van der Waals surface area contributed by atoms with Crippen LogP contribution in [0.2, 0.25) is 0 Å². The molecule has 0 spiro atoms. The minimum absolute atomic E-state index is 0.103. The molecule has 0 aromatic heterocycles. The Hall–Kier alpha value is -2.49. The number of amides is 1. The van der Waals surface area contributed by atoms with E-state index in [-0.39, 0.29) is 17.4 Å². The molecule has 6 nitrogen and oxygen atoms in total. The van der Waals surface area contributed by atoms with E-state index < -0.39 is 11.4 Å². The Balaban J connectivity index is 2.06. The van der Waals surface area contributed by atoms with Gasteiger partial charge in [0.2, 0.25) is 0 Å². The number of anilines is 1. The number of ether oxygens (including phenoxy) is 2. The van der Waals surface area contributed by atoms with Crippen LogP contribution >= 0.6 is 0 Å². The van der Waals surface area contributed by atoms with Gasteiger partial charge in [0, 0.05) is 37.9 Å². The molecule has 0 unspecified atom stereocenters. The lowest BCUT2D eigenvalue weighted by molar-refractivity contribution is 0.0240. The molecule has 7 heteroatoms. The maximum absolute atomic E-state index is 14.0. The van der Waals surface area contributed by atoms with Gasteiger partial charge in [0.15, 0.2) is 0 Å². The lowest BCUT2D eigenvalue weighted by Crippen LogP contribution is -2.50. The summed E-state index contributed by atoms with van der Waals surface area (Å²) in [6, 6.07) is 4.77. The third kappa shape index (κ3) is 4.07. The highest BCUT2D eigenvalue weighted by molar-refractivity contribution is 5.69. The number of carbonyl (C=O) groups excluding carboxylic acids is 1. The van der Waals surface area contributed by atoms with Crippen molar-refractivity contribution >= 4 is 11.8 Å². The van der Waals surface area contributed by atoms with E-state index in [0.29, 0.717) is 31.9 Å². The third-order valence-corrected chi connectivity index (χ3v) is 3.67. The van der Waals surface area contributed by atoms with Crippen LogP contribution in [0.3, 0.4) is 0 Å². The molecule has 1 fully saturated rings. The zero-order valence-electron chi connectivity index (χ0n) is 14.4. The summed E-state index contributed by atoms with van der Waals surface area (Å²) in [5.41, 5.74) is -0.00138. The minimum Gasteiger partial charge on any atom is -0.495 e. The monoisotopic (exact) mass is 335 g/mol. The molecule has 130 valence electrons. The standard InChI is InChI=1S/C17H22FN3O3/c1-17(2,3)24-16(22)21-7-5-20(6-8-21)12-9-14(18)13(11-19)15(10-12)23-4/h9-10H,5-8H2,1-4H3. The van der Waals surface area contributed by atoms with E-state index in [9.17, 15) is 9.18 Å². The molecule has 0 radical (unpaired) electrons. The second kappa shape index (κ2) is 6.95. The summed E-state index contributed by atoms with van der Waals surface area (Å²) in [5, 5.41) is 8.98. The van der Waals surface area contributed by atoms with Gasteiger partial charge in [0.25, 0.3) is 0 Å². The van der Waals surface area contributed by atoms with Gasteiger partial charge in [-0.1, -0.05) is 0 Å². The maximum Gasteiger partial charge on any atom is 0.410 e. The molecule has 1 aromatic carbocycles. The maximum atomic E-state index is 14.0. The molecule has 0 bridgehead atoms. The van der Waals surface area contributed by atoms with Crippen LogP contribution in [0.5, 0.6) is 5.75 Å². The summed E-state index contributed by atoms with van der Waals surface area (Å²) in [4.78, 5) is 15.7. The fourth-order valence-electron chi connectivity index (χ4n) is 2.49. The number of hydrogen-bond acceptors (Lipinski definition) is 5. The van der Waals surface area contributed by atoms with Gasteiger partial charge in [-0.05, 0) is 26.8 Å². The first kappa shape index (κ1) is 17.9. The molecule has 0 N–H and O–H groups in total. The normalized spacial score (nSPS) is 15.0. The minimum atomic E-state index is -0.610. The average Bonchev–Trinajstić information content (AvgIpc) is 2.52. The Labute approximate surface area is 141 Å². The molecule has 1 saturated heterocycles. The number of nitriles is 1. The molecule has 1 amide bonds. The van der Waals surface area contributed by atoms with E-state index in [0.717, 1.165) is 0 Å². The van der Waals surface area contributed by atoms with E-state index in [1.807, 2.05) is 25.7 Å². The Bertz CT molecular complexity index is 656. The summed E-state index contributed by atoms with van der Waals surface area (Å²) < 4.78 is 24.5. The van der Waals surface area contributed by atoms with Crippen molar-refractivity contribution in [3.05, 3.63) is 23.5 Å². The van der Waals surface area contributed by atoms with Crippen molar-refractivity contribution in [2.75, 3.05) is 38.2 Å². The highest BCUT2D eigenvalue weighted by Gasteiger charge is 2.26. The lowest BCUT2D eigenvalue weighted by atomic mass is 10.1. The van der Waals surface area contributed by atoms with Crippen molar-refractivity contribution in [2.24, 2.45) is 0 Å². The molecule has 2 rings (SSSR count). The van der Waals surface area contributed by atoms with Crippen LogP contribution in [0.25, 0.3) is 0 Å². The van der Waals surface area contributed by atoms with Crippen molar-refractivity contribution in [1.29, 1.82) is 5.26 Å². The Morgan fingerprint density at radius 1 is 1.25 bits per heavy atom. The molecule has 1 aliphatic rings. The van der Waals surface area contributed by atoms with E-state index in [1.54, 1.807) is 17.0 Å². The number of nitrogens with zero attached hydrogens (tertiary/aromatic N) is 3. The summed E-state index contributed by atoms with van der Waals surface area (Å²) in [6.45, 7) is 7.55. The van der Waals surface area contributed by atoms with Gasteiger partial charge in [-0.25, -0.2) is 9.18 Å². The Morgan fingerprint density at radius 2 is 1.88 bits per heavy atom. The van der Waals surface area contributed by atoms with Crippen molar-refractivity contribution in [3.63, 3.8) is 0 Å². The molecule has 0 atom stereocenters. The van der Waals surface area contributed by atoms with Crippen LogP contribution in [-0.4, -0.2) is 49.9 Å². The fourth-order valence-corrected chi connectivity index (χ4v) is 2.49. The van der Waals surface area contributed by atoms with E-state index in [2.05, 4.69) is 0 Å². The van der Waals surface area contributed by atoms with E-state index in [4.69, 9.17) is 14.7 Å². The molecule has 1 heterocycles. The first-order chi connectivity index (χ1) is 11.2. The number of benzene rings is 1. The van der Waals surface area contributed by atoms with Crippen molar-refractivity contribution in [1.82, 2.24) is 4.90 Å². The highest BCUT2D eigenvalue weighted by atomic mass is 19.1. The van der Waals surface area contributed by atoms with Gasteiger partial charge in [-0.15, -0.1) is 0 Å². The smallest absolute Gasteiger partial charge is 0.410 e. The third-order valence-electron chi connectivity index (χ3n) is 3.67. The van der Waals surface area contributed by atoms with Crippen LogP contribution in [0, 0.1) is 17.1 Å². The first-order valence-corrected chi connectivity index (χ1v) is 7.75. The second-order valence-electron chi connectivity index (χ2n) is 6.57. The molecule has 1 aliphatic heterocycles. The van der Waals surface area contributed by atoms with Gasteiger partial charge >= 0.3 is 6.09 Å². The highest BCUT2D eigenvalue weighted by Crippen LogP contribution is 2.28. The molecule has 1 aromatic rings. The number of hydrogen-bond donors (Lipinski definition) is 0. The van der Waals surface area contributed by atoms with Crippen LogP contribution in [0.1, 0.15) is 26.3 Å². The molecule has 0 aliphatic carbocycles. The van der Waals surface area contributed by atoms with Gasteiger partial charge in [-0.2, -0.15) is 5.26 Å². The summed E-state index contributed by atoms with van der Waals surface area (Å²) in [6.07, 6.45) is -0.342.